The fraction of sp³-hybridized carbons (Fsp3) is 0.941. The smallest absolute Gasteiger partial charge is 0.216 e. The van der Waals surface area contributed by atoms with E-state index in [1.54, 1.807) is 13.2 Å². The van der Waals surface area contributed by atoms with Crippen molar-refractivity contribution in [2.24, 2.45) is 0 Å². The summed E-state index contributed by atoms with van der Waals surface area (Å²) in [5, 5.41) is 5.99. The third kappa shape index (κ3) is 38.3. The fourth-order valence-corrected chi connectivity index (χ4v) is 1.75. The highest BCUT2D eigenvalue weighted by Crippen LogP contribution is 2.07. The van der Waals surface area contributed by atoms with E-state index >= 15 is 0 Å². The Morgan fingerprint density at radius 3 is 1.48 bits per heavy atom. The van der Waals surface area contributed by atoms with E-state index in [1.807, 2.05) is 7.05 Å². The summed E-state index contributed by atoms with van der Waals surface area (Å²) >= 11 is 3.53. The van der Waals surface area contributed by atoms with E-state index in [1.165, 1.54) is 51.4 Å². The number of hydrogen-bond acceptors (Lipinski definition) is 3. The number of nitrogens with one attached hydrogen (secondary N) is 2. The predicted molar refractivity (Wildman–Crippen MR) is 100 cm³/mol. The van der Waals surface area contributed by atoms with Crippen LogP contribution in [0.1, 0.15) is 78.6 Å². The Morgan fingerprint density at radius 2 is 1.14 bits per heavy atom. The average molecular weight is 321 g/mol. The Kier molecular flexibility index (Phi) is 34.3. The van der Waals surface area contributed by atoms with Crippen molar-refractivity contribution in [1.82, 2.24) is 10.6 Å². The molecule has 0 aliphatic rings. The number of hydrogen-bond donors (Lipinski definition) is 3. The Labute approximate surface area is 139 Å². The Balaban J connectivity index is -0.000000569. The van der Waals surface area contributed by atoms with Crippen molar-refractivity contribution < 1.29 is 4.79 Å². The van der Waals surface area contributed by atoms with Gasteiger partial charge >= 0.3 is 0 Å². The second kappa shape index (κ2) is 28.0. The third-order valence-electron chi connectivity index (χ3n) is 2.73. The van der Waals surface area contributed by atoms with Gasteiger partial charge < -0.3 is 10.6 Å². The van der Waals surface area contributed by atoms with Crippen LogP contribution in [0.2, 0.25) is 0 Å². The van der Waals surface area contributed by atoms with Gasteiger partial charge in [0.05, 0.1) is 0 Å². The van der Waals surface area contributed by atoms with Gasteiger partial charge in [0.2, 0.25) is 5.91 Å². The van der Waals surface area contributed by atoms with Gasteiger partial charge in [-0.1, -0.05) is 58.8 Å². The number of rotatable bonds is 11. The van der Waals surface area contributed by atoms with Gasteiger partial charge in [-0.3, -0.25) is 4.79 Å². The molecule has 0 bridgehead atoms. The normalized spacial score (nSPS) is 9.05. The molecule has 130 valence electrons. The summed E-state index contributed by atoms with van der Waals surface area (Å²) in [6.45, 7) is 7.82. The molecule has 0 aromatic rings. The Morgan fingerprint density at radius 1 is 0.810 bits per heavy atom. The highest BCUT2D eigenvalue weighted by Gasteiger charge is 1.93. The van der Waals surface area contributed by atoms with Gasteiger partial charge in [-0.15, -0.1) is 0 Å². The molecule has 0 saturated carbocycles. The second-order valence-corrected chi connectivity index (χ2v) is 5.12. The number of amides is 1. The minimum absolute atomic E-state index is 0.0875. The molecule has 0 aromatic carbocycles. The zero-order valence-corrected chi connectivity index (χ0v) is 16.0. The maximum absolute atomic E-state index is 10.6. The summed E-state index contributed by atoms with van der Waals surface area (Å²) in [4.78, 5) is 10.6. The lowest BCUT2D eigenvalue weighted by molar-refractivity contribution is -0.118. The first kappa shape index (κ1) is 25.7. The molecule has 0 heterocycles. The van der Waals surface area contributed by atoms with Crippen molar-refractivity contribution >= 4 is 18.5 Å². The van der Waals surface area contributed by atoms with E-state index in [2.05, 4.69) is 37.1 Å². The SMILES string of the molecule is CCC.CNCCCCCCCCCCNC(C)=O.CS. The molecule has 21 heavy (non-hydrogen) atoms. The van der Waals surface area contributed by atoms with Crippen LogP contribution < -0.4 is 10.6 Å². The van der Waals surface area contributed by atoms with Crippen molar-refractivity contribution in [3.8, 4) is 0 Å². The van der Waals surface area contributed by atoms with Crippen LogP contribution in [0.5, 0.6) is 0 Å². The van der Waals surface area contributed by atoms with Crippen LogP contribution in [0.25, 0.3) is 0 Å². The van der Waals surface area contributed by atoms with Crippen molar-refractivity contribution in [2.45, 2.75) is 78.6 Å². The summed E-state index contributed by atoms with van der Waals surface area (Å²) in [5.74, 6) is 0.0875. The Bertz CT molecular complexity index is 178. The molecule has 0 atom stereocenters. The van der Waals surface area contributed by atoms with Crippen LogP contribution >= 0.6 is 12.6 Å². The van der Waals surface area contributed by atoms with Crippen LogP contribution in [-0.2, 0) is 4.79 Å². The molecule has 4 heteroatoms. The number of carbonyl (C=O) groups excluding carboxylic acids is 1. The van der Waals surface area contributed by atoms with E-state index in [9.17, 15) is 4.79 Å². The molecule has 0 aliphatic heterocycles. The summed E-state index contributed by atoms with van der Waals surface area (Å²) in [5.41, 5.74) is 0. The van der Waals surface area contributed by atoms with E-state index in [0.717, 1.165) is 19.5 Å². The lowest BCUT2D eigenvalue weighted by atomic mass is 10.1. The molecule has 0 rings (SSSR count). The minimum Gasteiger partial charge on any atom is -0.356 e. The summed E-state index contributed by atoms with van der Waals surface area (Å²) < 4.78 is 0. The molecule has 0 fully saturated rings. The minimum atomic E-state index is 0.0875. The second-order valence-electron chi connectivity index (χ2n) is 5.12. The van der Waals surface area contributed by atoms with Crippen molar-refractivity contribution in [2.75, 3.05) is 26.4 Å². The zero-order valence-electron chi connectivity index (χ0n) is 15.1. The van der Waals surface area contributed by atoms with Crippen LogP contribution in [0.3, 0.4) is 0 Å². The molecule has 0 aliphatic carbocycles. The van der Waals surface area contributed by atoms with Gasteiger partial charge in [-0.2, -0.15) is 12.6 Å². The lowest BCUT2D eigenvalue weighted by Crippen LogP contribution is -2.20. The number of thiol groups is 1. The zero-order chi connectivity index (χ0) is 16.8. The molecular formula is C17H40N2OS. The van der Waals surface area contributed by atoms with Crippen molar-refractivity contribution in [1.29, 1.82) is 0 Å². The van der Waals surface area contributed by atoms with Crippen LogP contribution in [0, 0.1) is 0 Å². The standard InChI is InChI=1S/C13H28N2O.C3H8.CH4S/c1-13(16)15-12-10-8-6-4-3-5-7-9-11-14-2;1-3-2;1-2/h14H,3-12H2,1-2H3,(H,15,16);3H2,1-2H3;2H,1H3. The summed E-state index contributed by atoms with van der Waals surface area (Å²) in [6, 6.07) is 0. The van der Waals surface area contributed by atoms with Gasteiger partial charge in [0.25, 0.3) is 0 Å². The average Bonchev–Trinajstić information content (AvgIpc) is 2.47. The molecule has 0 radical (unpaired) electrons. The van der Waals surface area contributed by atoms with Gasteiger partial charge in [-0.05, 0) is 32.7 Å². The van der Waals surface area contributed by atoms with E-state index in [-0.39, 0.29) is 5.91 Å². The van der Waals surface area contributed by atoms with Crippen molar-refractivity contribution in [3.63, 3.8) is 0 Å². The van der Waals surface area contributed by atoms with Crippen molar-refractivity contribution in [3.05, 3.63) is 0 Å². The first-order valence-corrected chi connectivity index (χ1v) is 9.42. The van der Waals surface area contributed by atoms with E-state index < -0.39 is 0 Å². The van der Waals surface area contributed by atoms with Crippen LogP contribution in [0.4, 0.5) is 0 Å². The fourth-order valence-electron chi connectivity index (χ4n) is 1.75. The van der Waals surface area contributed by atoms with E-state index in [0.29, 0.717) is 0 Å². The van der Waals surface area contributed by atoms with Gasteiger partial charge in [0, 0.05) is 13.5 Å². The highest BCUT2D eigenvalue weighted by molar-refractivity contribution is 7.79. The molecule has 0 aromatic heterocycles. The molecule has 0 saturated heterocycles. The highest BCUT2D eigenvalue weighted by atomic mass is 32.1. The third-order valence-corrected chi connectivity index (χ3v) is 2.73. The summed E-state index contributed by atoms with van der Waals surface area (Å²) in [6.07, 6.45) is 13.4. The molecule has 0 spiro atoms. The first-order valence-electron chi connectivity index (χ1n) is 8.52. The molecule has 1 amide bonds. The monoisotopic (exact) mass is 320 g/mol. The number of carbonyl (C=O) groups is 1. The van der Waals surface area contributed by atoms with Crippen LogP contribution in [0.15, 0.2) is 0 Å². The first-order chi connectivity index (χ1) is 10.2. The van der Waals surface area contributed by atoms with Gasteiger partial charge in [0.15, 0.2) is 0 Å². The largest absolute Gasteiger partial charge is 0.356 e. The topological polar surface area (TPSA) is 41.1 Å². The maximum atomic E-state index is 10.6. The Hall–Kier alpha value is -0.220. The van der Waals surface area contributed by atoms with E-state index in [4.69, 9.17) is 0 Å². The quantitative estimate of drug-likeness (QED) is 0.389. The summed E-state index contributed by atoms with van der Waals surface area (Å²) in [7, 11) is 2.01. The molecule has 3 nitrogen and oxygen atoms in total. The molecular weight excluding hydrogens is 280 g/mol. The number of unbranched alkanes of at least 4 members (excludes halogenated alkanes) is 7. The molecule has 2 N–H and O–H groups in total. The van der Waals surface area contributed by atoms with Gasteiger partial charge in [0.1, 0.15) is 0 Å². The van der Waals surface area contributed by atoms with Crippen LogP contribution in [-0.4, -0.2) is 32.3 Å². The maximum Gasteiger partial charge on any atom is 0.216 e. The predicted octanol–water partition coefficient (Wildman–Crippen LogP) is 4.43. The lowest BCUT2D eigenvalue weighted by Gasteiger charge is -2.03. The van der Waals surface area contributed by atoms with Gasteiger partial charge in [-0.25, -0.2) is 0 Å². The molecule has 0 unspecified atom stereocenters.